The van der Waals surface area contributed by atoms with Crippen LogP contribution in [0.1, 0.15) is 6.42 Å². The summed E-state index contributed by atoms with van der Waals surface area (Å²) in [5, 5.41) is 0. The van der Waals surface area contributed by atoms with Crippen molar-refractivity contribution in [1.82, 2.24) is 4.57 Å². The van der Waals surface area contributed by atoms with Gasteiger partial charge < -0.3 is 9.30 Å². The summed E-state index contributed by atoms with van der Waals surface area (Å²) in [6, 6.07) is 3.12. The zero-order chi connectivity index (χ0) is 8.81. The van der Waals surface area contributed by atoms with Crippen LogP contribution in [0.2, 0.25) is 0 Å². The monoisotopic (exact) mass is 167 g/mol. The molecule has 1 rings (SSSR count). The Bertz CT molecular complexity index is 260. The van der Waals surface area contributed by atoms with Crippen molar-refractivity contribution in [3.63, 3.8) is 0 Å². The van der Waals surface area contributed by atoms with Gasteiger partial charge >= 0.3 is 0 Å². The highest BCUT2D eigenvalue weighted by molar-refractivity contribution is 4.93. The molecule has 0 amide bonds. The zero-order valence-corrected chi connectivity index (χ0v) is 7.19. The largest absolute Gasteiger partial charge is 0.385 e. The van der Waals surface area contributed by atoms with E-state index in [4.69, 9.17) is 4.74 Å². The van der Waals surface area contributed by atoms with E-state index >= 15 is 0 Å². The summed E-state index contributed by atoms with van der Waals surface area (Å²) >= 11 is 0. The summed E-state index contributed by atoms with van der Waals surface area (Å²) in [6.07, 6.45) is 4.55. The Morgan fingerprint density at radius 1 is 1.42 bits per heavy atom. The Labute approximate surface area is 71.6 Å². The molecule has 0 aliphatic rings. The molecule has 66 valence electrons. The lowest BCUT2D eigenvalue weighted by Crippen LogP contribution is -2.05. The Hall–Kier alpha value is -1.09. The molecule has 0 unspecified atom stereocenters. The minimum Gasteiger partial charge on any atom is -0.385 e. The van der Waals surface area contributed by atoms with Gasteiger partial charge in [-0.3, -0.25) is 4.79 Å². The first kappa shape index (κ1) is 9.00. The minimum absolute atomic E-state index is 0.0537. The number of pyridine rings is 1. The van der Waals surface area contributed by atoms with E-state index < -0.39 is 0 Å². The van der Waals surface area contributed by atoms with Gasteiger partial charge in [0.25, 0.3) is 0 Å². The fraction of sp³-hybridized carbons (Fsp3) is 0.444. The second-order valence-corrected chi connectivity index (χ2v) is 2.62. The van der Waals surface area contributed by atoms with Crippen molar-refractivity contribution in [3.05, 3.63) is 34.7 Å². The highest BCUT2D eigenvalue weighted by Crippen LogP contribution is 1.89. The van der Waals surface area contributed by atoms with Gasteiger partial charge in [-0.25, -0.2) is 0 Å². The molecule has 0 radical (unpaired) electrons. The molecule has 12 heavy (non-hydrogen) atoms. The molecule has 0 saturated heterocycles. The van der Waals surface area contributed by atoms with E-state index in [-0.39, 0.29) is 5.43 Å². The average molecular weight is 167 g/mol. The summed E-state index contributed by atoms with van der Waals surface area (Å²) in [5.74, 6) is 0. The fourth-order valence-corrected chi connectivity index (χ4v) is 0.984. The molecule has 1 aromatic rings. The molecular formula is C9H13NO2. The topological polar surface area (TPSA) is 31.2 Å². The van der Waals surface area contributed by atoms with E-state index in [0.717, 1.165) is 19.6 Å². The van der Waals surface area contributed by atoms with E-state index in [1.54, 1.807) is 31.6 Å². The summed E-state index contributed by atoms with van der Waals surface area (Å²) in [7, 11) is 1.69. The third-order valence-corrected chi connectivity index (χ3v) is 1.63. The summed E-state index contributed by atoms with van der Waals surface area (Å²) in [4.78, 5) is 10.7. The van der Waals surface area contributed by atoms with Crippen molar-refractivity contribution < 1.29 is 4.74 Å². The number of aryl methyl sites for hydroxylation is 1. The number of nitrogens with zero attached hydrogens (tertiary/aromatic N) is 1. The van der Waals surface area contributed by atoms with E-state index in [9.17, 15) is 4.79 Å². The molecule has 1 heterocycles. The third kappa shape index (κ3) is 2.88. The standard InChI is InChI=1S/C9H13NO2/c1-12-8-2-5-10-6-3-9(11)4-7-10/h3-4,6-7H,2,5,8H2,1H3. The van der Waals surface area contributed by atoms with Crippen molar-refractivity contribution in [2.75, 3.05) is 13.7 Å². The van der Waals surface area contributed by atoms with Crippen molar-refractivity contribution in [1.29, 1.82) is 0 Å². The second kappa shape index (κ2) is 4.72. The van der Waals surface area contributed by atoms with Crippen LogP contribution >= 0.6 is 0 Å². The zero-order valence-electron chi connectivity index (χ0n) is 7.19. The number of hydrogen-bond acceptors (Lipinski definition) is 2. The van der Waals surface area contributed by atoms with E-state index in [0.29, 0.717) is 0 Å². The van der Waals surface area contributed by atoms with Crippen LogP contribution in [0.15, 0.2) is 29.3 Å². The Balaban J connectivity index is 2.42. The molecule has 0 bridgehead atoms. The number of aromatic nitrogens is 1. The van der Waals surface area contributed by atoms with Crippen LogP contribution in [0.4, 0.5) is 0 Å². The number of rotatable bonds is 4. The van der Waals surface area contributed by atoms with Gasteiger partial charge in [-0.15, -0.1) is 0 Å². The van der Waals surface area contributed by atoms with Gasteiger partial charge in [0, 0.05) is 44.8 Å². The maximum Gasteiger partial charge on any atom is 0.181 e. The maximum atomic E-state index is 10.7. The smallest absolute Gasteiger partial charge is 0.181 e. The van der Waals surface area contributed by atoms with Crippen LogP contribution in [0.25, 0.3) is 0 Å². The molecule has 3 heteroatoms. The van der Waals surface area contributed by atoms with Crippen LogP contribution in [0.5, 0.6) is 0 Å². The van der Waals surface area contributed by atoms with Crippen LogP contribution in [0, 0.1) is 0 Å². The summed E-state index contributed by atoms with van der Waals surface area (Å²) < 4.78 is 6.88. The number of methoxy groups -OCH3 is 1. The predicted molar refractivity (Wildman–Crippen MR) is 47.2 cm³/mol. The molecular weight excluding hydrogens is 154 g/mol. The first-order chi connectivity index (χ1) is 5.83. The highest BCUT2D eigenvalue weighted by atomic mass is 16.5. The molecule has 0 aliphatic carbocycles. The minimum atomic E-state index is 0.0537. The molecule has 3 nitrogen and oxygen atoms in total. The molecule has 1 aromatic heterocycles. The molecule has 0 fully saturated rings. The SMILES string of the molecule is COCCCn1ccc(=O)cc1. The molecule has 0 aromatic carbocycles. The summed E-state index contributed by atoms with van der Waals surface area (Å²) in [6.45, 7) is 1.65. The lowest BCUT2D eigenvalue weighted by molar-refractivity contribution is 0.190. The Morgan fingerprint density at radius 3 is 2.67 bits per heavy atom. The molecule has 0 spiro atoms. The first-order valence-corrected chi connectivity index (χ1v) is 3.98. The predicted octanol–water partition coefficient (Wildman–Crippen LogP) is 0.885. The van der Waals surface area contributed by atoms with Crippen LogP contribution in [-0.2, 0) is 11.3 Å². The average Bonchev–Trinajstić information content (AvgIpc) is 2.09. The van der Waals surface area contributed by atoms with Crippen LogP contribution in [-0.4, -0.2) is 18.3 Å². The van der Waals surface area contributed by atoms with E-state index in [2.05, 4.69) is 0 Å². The summed E-state index contributed by atoms with van der Waals surface area (Å²) in [5.41, 5.74) is 0.0537. The van der Waals surface area contributed by atoms with Gasteiger partial charge in [-0.1, -0.05) is 0 Å². The molecule has 0 saturated carbocycles. The van der Waals surface area contributed by atoms with Crippen LogP contribution < -0.4 is 5.43 Å². The van der Waals surface area contributed by atoms with E-state index in [1.165, 1.54) is 0 Å². The van der Waals surface area contributed by atoms with Crippen molar-refractivity contribution in [3.8, 4) is 0 Å². The number of hydrogen-bond donors (Lipinski definition) is 0. The quantitative estimate of drug-likeness (QED) is 0.623. The third-order valence-electron chi connectivity index (χ3n) is 1.63. The van der Waals surface area contributed by atoms with E-state index in [1.807, 2.05) is 4.57 Å². The van der Waals surface area contributed by atoms with Gasteiger partial charge in [0.15, 0.2) is 5.43 Å². The number of ether oxygens (including phenoxy) is 1. The normalized spacial score (nSPS) is 10.1. The van der Waals surface area contributed by atoms with Crippen LogP contribution in [0.3, 0.4) is 0 Å². The maximum absolute atomic E-state index is 10.7. The van der Waals surface area contributed by atoms with Crippen molar-refractivity contribution in [2.45, 2.75) is 13.0 Å². The van der Waals surface area contributed by atoms with Gasteiger partial charge in [0.2, 0.25) is 0 Å². The molecule has 0 aliphatic heterocycles. The Kier molecular flexibility index (Phi) is 3.54. The van der Waals surface area contributed by atoms with Crippen molar-refractivity contribution >= 4 is 0 Å². The van der Waals surface area contributed by atoms with Gasteiger partial charge in [-0.2, -0.15) is 0 Å². The highest BCUT2D eigenvalue weighted by Gasteiger charge is 1.88. The van der Waals surface area contributed by atoms with Crippen molar-refractivity contribution in [2.24, 2.45) is 0 Å². The lowest BCUT2D eigenvalue weighted by Gasteiger charge is -2.03. The fourth-order valence-electron chi connectivity index (χ4n) is 0.984. The molecule has 0 N–H and O–H groups in total. The second-order valence-electron chi connectivity index (χ2n) is 2.62. The first-order valence-electron chi connectivity index (χ1n) is 3.98. The van der Waals surface area contributed by atoms with Gasteiger partial charge in [-0.05, 0) is 6.42 Å². The Morgan fingerprint density at radius 2 is 2.08 bits per heavy atom. The molecule has 0 atom stereocenters. The van der Waals surface area contributed by atoms with Gasteiger partial charge in [0.05, 0.1) is 0 Å². The van der Waals surface area contributed by atoms with Gasteiger partial charge in [0.1, 0.15) is 0 Å². The lowest BCUT2D eigenvalue weighted by atomic mass is 10.4.